The number of rotatable bonds is 4. The second-order valence-electron chi connectivity index (χ2n) is 2.71. The number of hydrogen-bond donors (Lipinski definition) is 3. The van der Waals surface area contributed by atoms with Gasteiger partial charge in [-0.3, -0.25) is 0 Å². The van der Waals surface area contributed by atoms with Crippen molar-refractivity contribution in [1.82, 2.24) is 5.32 Å². The van der Waals surface area contributed by atoms with Gasteiger partial charge in [-0.05, 0) is 13.8 Å². The standard InChI is InChI=1S/C8H15NO3/c1-5(10)4-7(9-3)6(2)8(11)12/h5,9-10H,4H2,1-3H3,(H,11,12). The van der Waals surface area contributed by atoms with Gasteiger partial charge in [0.05, 0.1) is 11.7 Å². The minimum absolute atomic E-state index is 0.249. The number of carbonyl (C=O) groups is 1. The predicted molar refractivity (Wildman–Crippen MR) is 45.7 cm³/mol. The van der Waals surface area contributed by atoms with Crippen molar-refractivity contribution in [1.29, 1.82) is 0 Å². The van der Waals surface area contributed by atoms with Crippen LogP contribution in [0.4, 0.5) is 0 Å². The molecule has 0 heterocycles. The van der Waals surface area contributed by atoms with Gasteiger partial charge in [-0.15, -0.1) is 0 Å². The molecule has 70 valence electrons. The highest BCUT2D eigenvalue weighted by Crippen LogP contribution is 2.07. The van der Waals surface area contributed by atoms with Gasteiger partial charge in [0.25, 0.3) is 0 Å². The van der Waals surface area contributed by atoms with Crippen LogP contribution in [0.25, 0.3) is 0 Å². The van der Waals surface area contributed by atoms with Crippen molar-refractivity contribution in [2.75, 3.05) is 7.05 Å². The van der Waals surface area contributed by atoms with Crippen LogP contribution in [0.1, 0.15) is 20.3 Å². The molecule has 12 heavy (non-hydrogen) atoms. The average molecular weight is 173 g/mol. The van der Waals surface area contributed by atoms with E-state index in [1.165, 1.54) is 6.92 Å². The molecule has 0 aromatic rings. The molecule has 1 unspecified atom stereocenters. The van der Waals surface area contributed by atoms with Crippen molar-refractivity contribution < 1.29 is 15.0 Å². The summed E-state index contributed by atoms with van der Waals surface area (Å²) in [4.78, 5) is 10.5. The molecular weight excluding hydrogens is 158 g/mol. The maximum Gasteiger partial charge on any atom is 0.333 e. The largest absolute Gasteiger partial charge is 0.478 e. The Morgan fingerprint density at radius 1 is 1.58 bits per heavy atom. The summed E-state index contributed by atoms with van der Waals surface area (Å²) in [7, 11) is 1.64. The molecule has 0 saturated heterocycles. The van der Waals surface area contributed by atoms with Crippen LogP contribution in [-0.4, -0.2) is 29.3 Å². The molecule has 0 aliphatic carbocycles. The minimum Gasteiger partial charge on any atom is -0.478 e. The lowest BCUT2D eigenvalue weighted by Crippen LogP contribution is -2.17. The maximum atomic E-state index is 10.5. The number of hydrogen-bond acceptors (Lipinski definition) is 3. The molecule has 0 bridgehead atoms. The van der Waals surface area contributed by atoms with E-state index in [0.29, 0.717) is 12.1 Å². The van der Waals surface area contributed by atoms with E-state index in [-0.39, 0.29) is 5.57 Å². The lowest BCUT2D eigenvalue weighted by Gasteiger charge is -2.10. The molecule has 0 spiro atoms. The van der Waals surface area contributed by atoms with E-state index in [9.17, 15) is 4.79 Å². The summed E-state index contributed by atoms with van der Waals surface area (Å²) in [6.07, 6.45) is -0.184. The summed E-state index contributed by atoms with van der Waals surface area (Å²) in [5.41, 5.74) is 0.816. The summed E-state index contributed by atoms with van der Waals surface area (Å²) in [5.74, 6) is -0.958. The van der Waals surface area contributed by atoms with Crippen LogP contribution in [0.15, 0.2) is 11.3 Å². The zero-order valence-electron chi connectivity index (χ0n) is 7.59. The Morgan fingerprint density at radius 3 is 2.33 bits per heavy atom. The van der Waals surface area contributed by atoms with Crippen LogP contribution in [0.3, 0.4) is 0 Å². The highest BCUT2D eigenvalue weighted by Gasteiger charge is 2.09. The Labute approximate surface area is 71.9 Å². The van der Waals surface area contributed by atoms with Crippen LogP contribution in [0.5, 0.6) is 0 Å². The fourth-order valence-electron chi connectivity index (χ4n) is 0.867. The third-order valence-electron chi connectivity index (χ3n) is 1.57. The molecule has 0 radical (unpaired) electrons. The second kappa shape index (κ2) is 4.77. The summed E-state index contributed by atoms with van der Waals surface area (Å²) in [6, 6.07) is 0. The van der Waals surface area contributed by atoms with E-state index in [1.54, 1.807) is 14.0 Å². The number of nitrogens with one attached hydrogen (secondary N) is 1. The SMILES string of the molecule is CNC(CC(C)O)=C(C)C(=O)O. The van der Waals surface area contributed by atoms with Crippen LogP contribution in [0, 0.1) is 0 Å². The van der Waals surface area contributed by atoms with E-state index in [4.69, 9.17) is 10.2 Å². The zero-order chi connectivity index (χ0) is 9.72. The van der Waals surface area contributed by atoms with Crippen molar-refractivity contribution in [2.45, 2.75) is 26.4 Å². The van der Waals surface area contributed by atoms with Crippen LogP contribution in [-0.2, 0) is 4.79 Å². The molecule has 0 aromatic carbocycles. The van der Waals surface area contributed by atoms with Gasteiger partial charge in [-0.25, -0.2) is 4.79 Å². The van der Waals surface area contributed by atoms with E-state index in [0.717, 1.165) is 0 Å². The lowest BCUT2D eigenvalue weighted by molar-refractivity contribution is -0.132. The van der Waals surface area contributed by atoms with Gasteiger partial charge in [-0.1, -0.05) is 0 Å². The molecule has 3 N–H and O–H groups in total. The number of carboxylic acid groups (broad SMARTS) is 1. The Morgan fingerprint density at radius 2 is 2.08 bits per heavy atom. The number of aliphatic hydroxyl groups is 1. The number of carboxylic acids is 1. The Bertz CT molecular complexity index is 196. The molecule has 0 fully saturated rings. The van der Waals surface area contributed by atoms with Gasteiger partial charge in [0.2, 0.25) is 0 Å². The van der Waals surface area contributed by atoms with Gasteiger partial charge in [0.15, 0.2) is 0 Å². The summed E-state index contributed by atoms with van der Waals surface area (Å²) < 4.78 is 0. The van der Waals surface area contributed by atoms with Crippen molar-refractivity contribution in [3.8, 4) is 0 Å². The summed E-state index contributed by atoms with van der Waals surface area (Å²) in [5, 5.41) is 20.4. The van der Waals surface area contributed by atoms with Crippen LogP contribution >= 0.6 is 0 Å². The van der Waals surface area contributed by atoms with Gasteiger partial charge in [0, 0.05) is 19.2 Å². The summed E-state index contributed by atoms with van der Waals surface area (Å²) in [6.45, 7) is 3.13. The molecule has 4 heteroatoms. The van der Waals surface area contributed by atoms with Crippen molar-refractivity contribution >= 4 is 5.97 Å². The van der Waals surface area contributed by atoms with Gasteiger partial charge >= 0.3 is 5.97 Å². The Kier molecular flexibility index (Phi) is 4.36. The lowest BCUT2D eigenvalue weighted by atomic mass is 10.1. The monoisotopic (exact) mass is 173 g/mol. The predicted octanol–water partition coefficient (Wildman–Crippen LogP) is 0.335. The Balaban J connectivity index is 4.50. The molecule has 0 rings (SSSR count). The second-order valence-corrected chi connectivity index (χ2v) is 2.71. The first kappa shape index (κ1) is 11.0. The first-order valence-electron chi connectivity index (χ1n) is 3.78. The van der Waals surface area contributed by atoms with Crippen molar-refractivity contribution in [3.05, 3.63) is 11.3 Å². The third kappa shape index (κ3) is 3.39. The first-order valence-corrected chi connectivity index (χ1v) is 3.78. The quantitative estimate of drug-likeness (QED) is 0.536. The zero-order valence-corrected chi connectivity index (χ0v) is 7.59. The van der Waals surface area contributed by atoms with Crippen molar-refractivity contribution in [2.24, 2.45) is 0 Å². The van der Waals surface area contributed by atoms with Crippen molar-refractivity contribution in [3.63, 3.8) is 0 Å². The molecule has 4 nitrogen and oxygen atoms in total. The van der Waals surface area contributed by atoms with Gasteiger partial charge < -0.3 is 15.5 Å². The molecular formula is C8H15NO3. The average Bonchev–Trinajstić information content (AvgIpc) is 1.98. The van der Waals surface area contributed by atoms with E-state index in [2.05, 4.69) is 5.32 Å². The fourth-order valence-corrected chi connectivity index (χ4v) is 0.867. The summed E-state index contributed by atoms with van der Waals surface area (Å²) >= 11 is 0. The third-order valence-corrected chi connectivity index (χ3v) is 1.57. The minimum atomic E-state index is -0.958. The molecule has 0 aliphatic heterocycles. The van der Waals surface area contributed by atoms with Gasteiger partial charge in [0.1, 0.15) is 0 Å². The van der Waals surface area contributed by atoms with E-state index < -0.39 is 12.1 Å². The van der Waals surface area contributed by atoms with Crippen LogP contribution in [0.2, 0.25) is 0 Å². The highest BCUT2D eigenvalue weighted by molar-refractivity contribution is 5.86. The molecule has 0 aromatic heterocycles. The number of aliphatic hydroxyl groups excluding tert-OH is 1. The molecule has 0 saturated carbocycles. The fraction of sp³-hybridized carbons (Fsp3) is 0.625. The smallest absolute Gasteiger partial charge is 0.333 e. The van der Waals surface area contributed by atoms with E-state index >= 15 is 0 Å². The molecule has 0 aliphatic rings. The first-order chi connectivity index (χ1) is 5.49. The highest BCUT2D eigenvalue weighted by atomic mass is 16.4. The molecule has 0 amide bonds. The number of aliphatic carboxylic acids is 1. The van der Waals surface area contributed by atoms with Crippen LogP contribution < -0.4 is 5.32 Å². The topological polar surface area (TPSA) is 69.6 Å². The molecule has 1 atom stereocenters. The normalized spacial score (nSPS) is 15.0. The Hall–Kier alpha value is -1.03. The maximum absolute atomic E-state index is 10.5. The van der Waals surface area contributed by atoms with E-state index in [1.807, 2.05) is 0 Å². The van der Waals surface area contributed by atoms with Gasteiger partial charge in [-0.2, -0.15) is 0 Å².